The number of aryl methyl sites for hydroxylation is 1. The molecule has 0 aliphatic rings. The fraction of sp³-hybridized carbons (Fsp3) is 0.400. The van der Waals surface area contributed by atoms with Crippen molar-refractivity contribution in [2.45, 2.75) is 6.92 Å². The number of nitrogens with one attached hydrogen (secondary N) is 1. The minimum absolute atomic E-state index is 0.666. The summed E-state index contributed by atoms with van der Waals surface area (Å²) in [6, 6.07) is 3.98. The maximum absolute atomic E-state index is 5.87. The van der Waals surface area contributed by atoms with Crippen molar-refractivity contribution in [3.8, 4) is 0 Å². The van der Waals surface area contributed by atoms with E-state index in [1.165, 1.54) is 0 Å². The molecule has 14 heavy (non-hydrogen) atoms. The van der Waals surface area contributed by atoms with Crippen LogP contribution in [0.2, 0.25) is 0 Å². The van der Waals surface area contributed by atoms with Gasteiger partial charge in [-0.3, -0.25) is 0 Å². The molecule has 3 N–H and O–H groups in total. The van der Waals surface area contributed by atoms with Crippen LogP contribution in [0, 0.1) is 6.92 Å². The van der Waals surface area contributed by atoms with Gasteiger partial charge in [-0.25, -0.2) is 0 Å². The quantitative estimate of drug-likeness (QED) is 0.644. The van der Waals surface area contributed by atoms with Crippen molar-refractivity contribution in [2.75, 3.05) is 31.3 Å². The van der Waals surface area contributed by atoms with E-state index in [9.17, 15) is 0 Å². The maximum Gasteiger partial charge on any atom is 0.0719 e. The Kier molecular flexibility index (Phi) is 4.22. The summed E-state index contributed by atoms with van der Waals surface area (Å²) in [5.41, 5.74) is 8.71. The Morgan fingerprint density at radius 1 is 1.50 bits per heavy atom. The second kappa shape index (κ2) is 5.22. The summed E-state index contributed by atoms with van der Waals surface area (Å²) < 4.78 is 5.94. The van der Waals surface area contributed by atoms with Gasteiger partial charge in [-0.15, -0.1) is 0 Å². The molecule has 1 aromatic rings. The number of nitrogens with two attached hydrogens (primary N) is 1. The number of benzene rings is 1. The topological polar surface area (TPSA) is 47.3 Å². The van der Waals surface area contributed by atoms with Crippen LogP contribution in [0.15, 0.2) is 16.6 Å². The molecule has 3 nitrogen and oxygen atoms in total. The van der Waals surface area contributed by atoms with Gasteiger partial charge in [0.05, 0.1) is 18.0 Å². The van der Waals surface area contributed by atoms with Gasteiger partial charge in [-0.05, 0) is 40.5 Å². The Morgan fingerprint density at radius 3 is 2.79 bits per heavy atom. The Hall–Kier alpha value is -0.740. The number of rotatable bonds is 4. The van der Waals surface area contributed by atoms with Gasteiger partial charge in [0.25, 0.3) is 0 Å². The predicted molar refractivity (Wildman–Crippen MR) is 63.7 cm³/mol. The third kappa shape index (κ3) is 2.89. The van der Waals surface area contributed by atoms with Gasteiger partial charge in [0, 0.05) is 18.1 Å². The Labute approximate surface area is 92.8 Å². The monoisotopic (exact) mass is 258 g/mol. The summed E-state index contributed by atoms with van der Waals surface area (Å²) in [6.07, 6.45) is 0. The first-order chi connectivity index (χ1) is 6.65. The second-order valence-electron chi connectivity index (χ2n) is 3.13. The molecule has 78 valence electrons. The lowest BCUT2D eigenvalue weighted by atomic mass is 10.2. The molecule has 0 aliphatic heterocycles. The van der Waals surface area contributed by atoms with Gasteiger partial charge in [0.15, 0.2) is 0 Å². The van der Waals surface area contributed by atoms with Crippen LogP contribution >= 0.6 is 15.9 Å². The summed E-state index contributed by atoms with van der Waals surface area (Å²) >= 11 is 3.47. The lowest BCUT2D eigenvalue weighted by molar-refractivity contribution is 0.211. The van der Waals surface area contributed by atoms with Crippen LogP contribution in [0.25, 0.3) is 0 Å². The van der Waals surface area contributed by atoms with Crippen LogP contribution in [-0.2, 0) is 4.74 Å². The van der Waals surface area contributed by atoms with E-state index in [1.54, 1.807) is 7.11 Å². The van der Waals surface area contributed by atoms with Crippen LogP contribution in [0.4, 0.5) is 11.4 Å². The highest BCUT2D eigenvalue weighted by Crippen LogP contribution is 2.29. The molecule has 0 saturated heterocycles. The molecule has 0 spiro atoms. The molecular weight excluding hydrogens is 244 g/mol. The highest BCUT2D eigenvalue weighted by atomic mass is 79.9. The number of anilines is 2. The van der Waals surface area contributed by atoms with Crippen molar-refractivity contribution in [3.05, 3.63) is 22.2 Å². The van der Waals surface area contributed by atoms with Crippen molar-refractivity contribution >= 4 is 27.3 Å². The number of halogens is 1. The molecule has 0 radical (unpaired) electrons. The number of methoxy groups -OCH3 is 1. The maximum atomic E-state index is 5.87. The molecule has 0 heterocycles. The molecule has 1 rings (SSSR count). The number of hydrogen-bond donors (Lipinski definition) is 2. The molecule has 4 heteroatoms. The van der Waals surface area contributed by atoms with Crippen LogP contribution in [0.1, 0.15) is 5.56 Å². The third-order valence-corrected chi connectivity index (χ3v) is 2.50. The van der Waals surface area contributed by atoms with E-state index in [1.807, 2.05) is 19.1 Å². The van der Waals surface area contributed by atoms with Crippen molar-refractivity contribution < 1.29 is 4.74 Å². The standard InChI is InChI=1S/C10H15BrN2O/c1-7-5-8(11)10(9(12)6-7)13-3-4-14-2/h5-6,13H,3-4,12H2,1-2H3. The fourth-order valence-corrected chi connectivity index (χ4v) is 1.96. The van der Waals surface area contributed by atoms with E-state index in [-0.39, 0.29) is 0 Å². The van der Waals surface area contributed by atoms with Gasteiger partial charge in [-0.1, -0.05) is 0 Å². The van der Waals surface area contributed by atoms with Gasteiger partial charge in [0.2, 0.25) is 0 Å². The molecule has 0 amide bonds. The van der Waals surface area contributed by atoms with Crippen molar-refractivity contribution in [2.24, 2.45) is 0 Å². The average Bonchev–Trinajstić information content (AvgIpc) is 2.09. The Morgan fingerprint density at radius 2 is 2.21 bits per heavy atom. The molecule has 0 fully saturated rings. The molecule has 0 atom stereocenters. The van der Waals surface area contributed by atoms with E-state index >= 15 is 0 Å². The summed E-state index contributed by atoms with van der Waals surface area (Å²) in [4.78, 5) is 0. The SMILES string of the molecule is COCCNc1c(N)cc(C)cc1Br. The van der Waals surface area contributed by atoms with Crippen LogP contribution in [-0.4, -0.2) is 20.3 Å². The normalized spacial score (nSPS) is 10.2. The van der Waals surface area contributed by atoms with Gasteiger partial charge >= 0.3 is 0 Å². The zero-order valence-electron chi connectivity index (χ0n) is 8.43. The number of hydrogen-bond acceptors (Lipinski definition) is 3. The zero-order chi connectivity index (χ0) is 10.6. The minimum Gasteiger partial charge on any atom is -0.397 e. The van der Waals surface area contributed by atoms with E-state index in [0.29, 0.717) is 6.61 Å². The summed E-state index contributed by atoms with van der Waals surface area (Å²) in [7, 11) is 1.68. The molecule has 0 unspecified atom stereocenters. The van der Waals surface area contributed by atoms with E-state index < -0.39 is 0 Å². The smallest absolute Gasteiger partial charge is 0.0719 e. The van der Waals surface area contributed by atoms with Gasteiger partial charge in [-0.2, -0.15) is 0 Å². The highest BCUT2D eigenvalue weighted by molar-refractivity contribution is 9.10. The van der Waals surface area contributed by atoms with Crippen LogP contribution in [0.3, 0.4) is 0 Å². The van der Waals surface area contributed by atoms with Crippen molar-refractivity contribution in [1.29, 1.82) is 0 Å². The third-order valence-electron chi connectivity index (χ3n) is 1.87. The predicted octanol–water partition coefficient (Wildman–Crippen LogP) is 2.40. The molecular formula is C10H15BrN2O. The summed E-state index contributed by atoms with van der Waals surface area (Å²) in [6.45, 7) is 3.43. The molecule has 0 saturated carbocycles. The van der Waals surface area contributed by atoms with Crippen LogP contribution in [0.5, 0.6) is 0 Å². The van der Waals surface area contributed by atoms with E-state index in [0.717, 1.165) is 28.0 Å². The minimum atomic E-state index is 0.666. The zero-order valence-corrected chi connectivity index (χ0v) is 10.0. The van der Waals surface area contributed by atoms with Crippen molar-refractivity contribution in [1.82, 2.24) is 0 Å². The lowest BCUT2D eigenvalue weighted by Crippen LogP contribution is -2.09. The molecule has 1 aromatic carbocycles. The van der Waals surface area contributed by atoms with Gasteiger partial charge in [0.1, 0.15) is 0 Å². The summed E-state index contributed by atoms with van der Waals surface area (Å²) in [5, 5.41) is 3.21. The number of ether oxygens (including phenoxy) is 1. The van der Waals surface area contributed by atoms with E-state index in [2.05, 4.69) is 21.2 Å². The first kappa shape index (κ1) is 11.3. The largest absolute Gasteiger partial charge is 0.397 e. The van der Waals surface area contributed by atoms with Gasteiger partial charge < -0.3 is 15.8 Å². The average molecular weight is 259 g/mol. The Bertz CT molecular complexity index is 292. The van der Waals surface area contributed by atoms with Crippen LogP contribution < -0.4 is 11.1 Å². The lowest BCUT2D eigenvalue weighted by Gasteiger charge is -2.11. The number of nitrogen functional groups attached to an aromatic ring is 1. The Balaban J connectivity index is 2.75. The molecule has 0 aliphatic carbocycles. The first-order valence-corrected chi connectivity index (χ1v) is 5.23. The molecule has 0 aromatic heterocycles. The summed E-state index contributed by atoms with van der Waals surface area (Å²) in [5.74, 6) is 0. The fourth-order valence-electron chi connectivity index (χ4n) is 1.23. The molecule has 0 bridgehead atoms. The second-order valence-corrected chi connectivity index (χ2v) is 3.98. The highest BCUT2D eigenvalue weighted by Gasteiger charge is 2.04. The first-order valence-electron chi connectivity index (χ1n) is 4.43. The van der Waals surface area contributed by atoms with E-state index in [4.69, 9.17) is 10.5 Å². The van der Waals surface area contributed by atoms with Crippen molar-refractivity contribution in [3.63, 3.8) is 0 Å².